The van der Waals surface area contributed by atoms with Gasteiger partial charge in [0.1, 0.15) is 5.75 Å². The van der Waals surface area contributed by atoms with E-state index in [1.807, 2.05) is 6.07 Å². The van der Waals surface area contributed by atoms with Gasteiger partial charge in [0, 0.05) is 25.7 Å². The fraction of sp³-hybridized carbons (Fsp3) is 0.364. The van der Waals surface area contributed by atoms with Gasteiger partial charge in [-0.15, -0.1) is 0 Å². The van der Waals surface area contributed by atoms with E-state index in [0.29, 0.717) is 29.0 Å². The Labute approximate surface area is 97.5 Å². The molecular formula is C11H13BrO3. The van der Waals surface area contributed by atoms with Crippen molar-refractivity contribution >= 4 is 22.2 Å². The molecule has 0 aliphatic carbocycles. The Morgan fingerprint density at radius 1 is 1.40 bits per heavy atom. The number of carbonyl (C=O) groups excluding carboxylic acids is 1. The zero-order valence-electron chi connectivity index (χ0n) is 8.53. The smallest absolute Gasteiger partial charge is 0.151 e. The molecule has 1 aromatic rings. The summed E-state index contributed by atoms with van der Waals surface area (Å²) in [5.74, 6) is 0.690. The lowest BCUT2D eigenvalue weighted by molar-refractivity contribution is 0.112. The lowest BCUT2D eigenvalue weighted by Gasteiger charge is -2.08. The molecule has 0 radical (unpaired) electrons. The molecule has 0 spiro atoms. The number of rotatable bonds is 6. The highest BCUT2D eigenvalue weighted by atomic mass is 79.9. The Kier molecular flexibility index (Phi) is 5.36. The van der Waals surface area contributed by atoms with Crippen molar-refractivity contribution in [3.63, 3.8) is 0 Å². The number of halogens is 1. The standard InChI is InChI=1S/C11H13BrO3/c1-14-6-3-7-15-10-5-2-4-9(8-13)11(10)12/h2,4-5,8H,3,6-7H2,1H3. The van der Waals surface area contributed by atoms with Crippen LogP contribution in [0.2, 0.25) is 0 Å². The molecule has 0 aromatic heterocycles. The number of hydrogen-bond donors (Lipinski definition) is 0. The first-order chi connectivity index (χ1) is 7.29. The fourth-order valence-electron chi connectivity index (χ4n) is 1.12. The van der Waals surface area contributed by atoms with Crippen molar-refractivity contribution in [2.24, 2.45) is 0 Å². The van der Waals surface area contributed by atoms with Gasteiger partial charge in [0.05, 0.1) is 11.1 Å². The SMILES string of the molecule is COCCCOc1cccc(C=O)c1Br. The first-order valence-corrected chi connectivity index (χ1v) is 5.44. The molecule has 0 heterocycles. The third kappa shape index (κ3) is 3.64. The highest BCUT2D eigenvalue weighted by Gasteiger charge is 2.05. The molecule has 1 rings (SSSR count). The molecule has 4 heteroatoms. The Hall–Kier alpha value is -0.870. The Morgan fingerprint density at radius 2 is 2.20 bits per heavy atom. The number of methoxy groups -OCH3 is 1. The zero-order chi connectivity index (χ0) is 11.1. The van der Waals surface area contributed by atoms with Crippen LogP contribution in [0.1, 0.15) is 16.8 Å². The lowest BCUT2D eigenvalue weighted by atomic mass is 10.2. The van der Waals surface area contributed by atoms with E-state index in [0.717, 1.165) is 12.7 Å². The number of aldehydes is 1. The van der Waals surface area contributed by atoms with E-state index < -0.39 is 0 Å². The molecule has 0 saturated heterocycles. The molecule has 0 aliphatic heterocycles. The van der Waals surface area contributed by atoms with Gasteiger partial charge >= 0.3 is 0 Å². The Morgan fingerprint density at radius 3 is 2.87 bits per heavy atom. The van der Waals surface area contributed by atoms with E-state index >= 15 is 0 Å². The maximum absolute atomic E-state index is 10.7. The summed E-state index contributed by atoms with van der Waals surface area (Å²) >= 11 is 3.32. The van der Waals surface area contributed by atoms with Gasteiger partial charge in [0.15, 0.2) is 6.29 Å². The second-order valence-electron chi connectivity index (χ2n) is 2.97. The third-order valence-electron chi connectivity index (χ3n) is 1.87. The van der Waals surface area contributed by atoms with Crippen LogP contribution in [-0.4, -0.2) is 26.6 Å². The van der Waals surface area contributed by atoms with Crippen LogP contribution < -0.4 is 4.74 Å². The zero-order valence-corrected chi connectivity index (χ0v) is 10.1. The van der Waals surface area contributed by atoms with E-state index in [4.69, 9.17) is 9.47 Å². The normalized spacial score (nSPS) is 10.0. The first kappa shape index (κ1) is 12.2. The minimum Gasteiger partial charge on any atom is -0.492 e. The number of ether oxygens (including phenoxy) is 2. The largest absolute Gasteiger partial charge is 0.492 e. The van der Waals surface area contributed by atoms with Crippen molar-refractivity contribution in [1.29, 1.82) is 0 Å². The average Bonchev–Trinajstić information content (AvgIpc) is 2.26. The maximum atomic E-state index is 10.7. The summed E-state index contributed by atoms with van der Waals surface area (Å²) in [6.07, 6.45) is 1.63. The van der Waals surface area contributed by atoms with Crippen molar-refractivity contribution < 1.29 is 14.3 Å². The molecule has 15 heavy (non-hydrogen) atoms. The minimum absolute atomic E-state index is 0.578. The van der Waals surface area contributed by atoms with Crippen LogP contribution in [0.3, 0.4) is 0 Å². The van der Waals surface area contributed by atoms with Crippen LogP contribution in [0.25, 0.3) is 0 Å². The predicted octanol–water partition coefficient (Wildman–Crippen LogP) is 2.68. The van der Waals surface area contributed by atoms with Gasteiger partial charge in [-0.3, -0.25) is 4.79 Å². The van der Waals surface area contributed by atoms with Crippen LogP contribution in [0, 0.1) is 0 Å². The molecule has 82 valence electrons. The van der Waals surface area contributed by atoms with Crippen molar-refractivity contribution in [2.75, 3.05) is 20.3 Å². The summed E-state index contributed by atoms with van der Waals surface area (Å²) in [5, 5.41) is 0. The minimum atomic E-state index is 0.578. The van der Waals surface area contributed by atoms with Crippen LogP contribution in [0.15, 0.2) is 22.7 Å². The van der Waals surface area contributed by atoms with Crippen molar-refractivity contribution in [2.45, 2.75) is 6.42 Å². The Balaban J connectivity index is 2.57. The molecular weight excluding hydrogens is 260 g/mol. The second-order valence-corrected chi connectivity index (χ2v) is 3.77. The quantitative estimate of drug-likeness (QED) is 0.590. The summed E-state index contributed by atoms with van der Waals surface area (Å²) in [4.78, 5) is 10.7. The van der Waals surface area contributed by atoms with Gasteiger partial charge in [0.2, 0.25) is 0 Å². The summed E-state index contributed by atoms with van der Waals surface area (Å²) in [6.45, 7) is 1.25. The van der Waals surface area contributed by atoms with Crippen LogP contribution >= 0.6 is 15.9 Å². The number of hydrogen-bond acceptors (Lipinski definition) is 3. The monoisotopic (exact) mass is 272 g/mol. The average molecular weight is 273 g/mol. The summed E-state index contributed by atoms with van der Waals surface area (Å²) in [7, 11) is 1.66. The Bertz CT molecular complexity index is 326. The number of carbonyl (C=O) groups is 1. The second kappa shape index (κ2) is 6.58. The topological polar surface area (TPSA) is 35.5 Å². The summed E-state index contributed by atoms with van der Waals surface area (Å²) in [6, 6.07) is 5.35. The van der Waals surface area contributed by atoms with Gasteiger partial charge in [-0.25, -0.2) is 0 Å². The predicted molar refractivity (Wildman–Crippen MR) is 61.5 cm³/mol. The van der Waals surface area contributed by atoms with Crippen molar-refractivity contribution in [3.8, 4) is 5.75 Å². The van der Waals surface area contributed by atoms with Crippen LogP contribution in [0.5, 0.6) is 5.75 Å². The molecule has 0 N–H and O–H groups in total. The molecule has 0 fully saturated rings. The van der Waals surface area contributed by atoms with E-state index in [1.54, 1.807) is 19.2 Å². The molecule has 0 saturated carbocycles. The highest BCUT2D eigenvalue weighted by Crippen LogP contribution is 2.27. The van der Waals surface area contributed by atoms with E-state index in [-0.39, 0.29) is 0 Å². The lowest BCUT2D eigenvalue weighted by Crippen LogP contribution is -2.02. The first-order valence-electron chi connectivity index (χ1n) is 4.65. The molecule has 0 amide bonds. The van der Waals surface area contributed by atoms with E-state index in [9.17, 15) is 4.79 Å². The number of benzene rings is 1. The molecule has 1 aromatic carbocycles. The molecule has 0 aliphatic rings. The van der Waals surface area contributed by atoms with Crippen molar-refractivity contribution in [1.82, 2.24) is 0 Å². The van der Waals surface area contributed by atoms with Crippen LogP contribution in [0.4, 0.5) is 0 Å². The van der Waals surface area contributed by atoms with E-state index in [2.05, 4.69) is 15.9 Å². The molecule has 0 unspecified atom stereocenters. The highest BCUT2D eigenvalue weighted by molar-refractivity contribution is 9.10. The molecule has 3 nitrogen and oxygen atoms in total. The summed E-state index contributed by atoms with van der Waals surface area (Å²) < 4.78 is 11.1. The van der Waals surface area contributed by atoms with Gasteiger partial charge in [-0.1, -0.05) is 12.1 Å². The third-order valence-corrected chi connectivity index (χ3v) is 2.72. The van der Waals surface area contributed by atoms with Gasteiger partial charge in [-0.2, -0.15) is 0 Å². The summed E-state index contributed by atoms with van der Waals surface area (Å²) in [5.41, 5.74) is 0.597. The van der Waals surface area contributed by atoms with E-state index in [1.165, 1.54) is 0 Å². The van der Waals surface area contributed by atoms with Crippen molar-refractivity contribution in [3.05, 3.63) is 28.2 Å². The van der Waals surface area contributed by atoms with Gasteiger partial charge in [-0.05, 0) is 22.0 Å². The fourth-order valence-corrected chi connectivity index (χ4v) is 1.59. The van der Waals surface area contributed by atoms with Gasteiger partial charge < -0.3 is 9.47 Å². The van der Waals surface area contributed by atoms with Crippen LogP contribution in [-0.2, 0) is 4.74 Å². The molecule has 0 atom stereocenters. The van der Waals surface area contributed by atoms with Gasteiger partial charge in [0.25, 0.3) is 0 Å². The maximum Gasteiger partial charge on any atom is 0.151 e. The molecule has 0 bridgehead atoms.